The van der Waals surface area contributed by atoms with Gasteiger partial charge in [0.1, 0.15) is 24.2 Å². The number of H-pyrrole nitrogens is 2. The van der Waals surface area contributed by atoms with Gasteiger partial charge in [0, 0.05) is 67.8 Å². The second-order valence-corrected chi connectivity index (χ2v) is 15.8. The molecule has 0 fully saturated rings. The molecule has 338 valence electrons. The summed E-state index contributed by atoms with van der Waals surface area (Å²) in [5.41, 5.74) is 16.2. The van der Waals surface area contributed by atoms with E-state index in [0.29, 0.717) is 25.0 Å². The molecule has 16 heteroatoms. The van der Waals surface area contributed by atoms with E-state index in [1.165, 1.54) is 6.33 Å². The SMILES string of the molecule is NC(N)=NCCC[C@H](NC(=O)[C@@H](Cc1ccccc1)NC(=O)[C@H](Cc1cnc[nH]1)NC(=O)CCCc1ccccc1)C(=O)N[C@@H](Cc1c[nH]c2ccccc12)C(=O)NCc1ccccc1. The lowest BCUT2D eigenvalue weighted by molar-refractivity contribution is -0.134. The van der Waals surface area contributed by atoms with E-state index in [1.807, 2.05) is 121 Å². The summed E-state index contributed by atoms with van der Waals surface area (Å²) >= 11 is 0. The van der Waals surface area contributed by atoms with Crippen molar-refractivity contribution in [3.63, 3.8) is 0 Å². The number of fused-ring (bicyclic) bond motifs is 1. The van der Waals surface area contributed by atoms with E-state index in [2.05, 4.69) is 46.5 Å². The summed E-state index contributed by atoms with van der Waals surface area (Å²) in [5.74, 6) is -2.74. The minimum Gasteiger partial charge on any atom is -0.370 e. The van der Waals surface area contributed by atoms with Crippen molar-refractivity contribution in [2.24, 2.45) is 16.5 Å². The number of nitrogens with zero attached hydrogens (tertiary/aromatic N) is 2. The van der Waals surface area contributed by atoms with Crippen LogP contribution in [0.4, 0.5) is 0 Å². The molecule has 0 spiro atoms. The van der Waals surface area contributed by atoms with Gasteiger partial charge < -0.3 is 48.0 Å². The summed E-state index contributed by atoms with van der Waals surface area (Å²) in [5, 5.41) is 15.4. The van der Waals surface area contributed by atoms with Crippen molar-refractivity contribution in [3.05, 3.63) is 162 Å². The Morgan fingerprint density at radius 3 is 1.85 bits per heavy atom. The smallest absolute Gasteiger partial charge is 0.243 e. The molecular weight excluding hydrogens is 823 g/mol. The first-order chi connectivity index (χ1) is 31.6. The molecule has 0 aliphatic rings. The van der Waals surface area contributed by atoms with E-state index in [9.17, 15) is 24.0 Å². The predicted octanol–water partition coefficient (Wildman–Crippen LogP) is 3.25. The van der Waals surface area contributed by atoms with Crippen LogP contribution in [0.2, 0.25) is 0 Å². The highest BCUT2D eigenvalue weighted by Crippen LogP contribution is 2.20. The fourth-order valence-electron chi connectivity index (χ4n) is 7.48. The first-order valence-electron chi connectivity index (χ1n) is 21.8. The van der Waals surface area contributed by atoms with Crippen molar-refractivity contribution in [1.29, 1.82) is 0 Å². The summed E-state index contributed by atoms with van der Waals surface area (Å²) in [4.78, 5) is 84.7. The largest absolute Gasteiger partial charge is 0.370 e. The van der Waals surface area contributed by atoms with E-state index in [0.717, 1.165) is 33.2 Å². The van der Waals surface area contributed by atoms with Gasteiger partial charge in [0.15, 0.2) is 5.96 Å². The number of imidazole rings is 1. The molecule has 0 bridgehead atoms. The predicted molar refractivity (Wildman–Crippen MR) is 250 cm³/mol. The number of aliphatic imine (C=N–C) groups is 1. The Kier molecular flexibility index (Phi) is 17.4. The van der Waals surface area contributed by atoms with Crippen LogP contribution in [0.25, 0.3) is 10.9 Å². The summed E-state index contributed by atoms with van der Waals surface area (Å²) in [6.45, 7) is 0.401. The van der Waals surface area contributed by atoms with Gasteiger partial charge >= 0.3 is 0 Å². The van der Waals surface area contributed by atoms with Gasteiger partial charge in [-0.1, -0.05) is 109 Å². The lowest BCUT2D eigenvalue weighted by Crippen LogP contribution is -2.59. The number of nitrogens with two attached hydrogens (primary N) is 2. The fourth-order valence-corrected chi connectivity index (χ4v) is 7.48. The Morgan fingerprint density at radius 2 is 1.18 bits per heavy atom. The van der Waals surface area contributed by atoms with Crippen LogP contribution in [0.3, 0.4) is 0 Å². The average Bonchev–Trinajstić information content (AvgIpc) is 3.99. The van der Waals surface area contributed by atoms with Crippen LogP contribution in [0, 0.1) is 0 Å². The molecule has 0 saturated carbocycles. The lowest BCUT2D eigenvalue weighted by Gasteiger charge is -2.27. The normalized spacial score (nSPS) is 12.8. The molecule has 0 aliphatic heterocycles. The standard InChI is InChI=1S/C49H57N11O5/c50-49(51)53-25-13-23-40(46(63)60-42(45(62)55-29-35-18-8-3-9-19-35)27-36-30-54-39-22-11-10-21-38(36)39)58-47(64)41(26-34-16-6-2-7-17-34)59-48(65)43(28-37-31-52-32-56-37)57-44(61)24-12-20-33-14-4-1-5-15-33/h1-11,14-19,21-22,30-32,40-43,54H,12-13,20,23-29H2,(H,52,56)(H,55,62)(H,57,61)(H,58,64)(H,59,65)(H,60,63)(H4,50,51,53)/t40-,41+,42-,43-/m0/s1. The van der Waals surface area contributed by atoms with Crippen LogP contribution in [-0.4, -0.2) is 81.2 Å². The highest BCUT2D eigenvalue weighted by atomic mass is 16.2. The summed E-state index contributed by atoms with van der Waals surface area (Å²) in [6, 6.07) is 31.5. The number of carbonyl (C=O) groups is 5. The number of aryl methyl sites for hydroxylation is 1. The zero-order valence-electron chi connectivity index (χ0n) is 36.2. The molecule has 5 amide bonds. The molecule has 4 atom stereocenters. The Bertz CT molecular complexity index is 2470. The van der Waals surface area contributed by atoms with Crippen molar-refractivity contribution in [2.45, 2.75) is 82.1 Å². The van der Waals surface area contributed by atoms with Gasteiger partial charge in [-0.2, -0.15) is 0 Å². The highest BCUT2D eigenvalue weighted by molar-refractivity contribution is 5.96. The van der Waals surface area contributed by atoms with Crippen LogP contribution in [0.5, 0.6) is 0 Å². The van der Waals surface area contributed by atoms with Crippen LogP contribution in [0.1, 0.15) is 53.6 Å². The molecule has 2 heterocycles. The average molecular weight is 880 g/mol. The van der Waals surface area contributed by atoms with Gasteiger partial charge in [0.05, 0.1) is 6.33 Å². The van der Waals surface area contributed by atoms with Gasteiger partial charge in [0.25, 0.3) is 0 Å². The first-order valence-corrected chi connectivity index (χ1v) is 21.8. The quantitative estimate of drug-likeness (QED) is 0.0247. The number of amides is 5. The minimum absolute atomic E-state index is 0.0631. The van der Waals surface area contributed by atoms with Gasteiger partial charge in [-0.25, -0.2) is 4.98 Å². The van der Waals surface area contributed by atoms with Crippen molar-refractivity contribution in [1.82, 2.24) is 41.5 Å². The van der Waals surface area contributed by atoms with E-state index >= 15 is 0 Å². The number of hydrogen-bond donors (Lipinski definition) is 9. The minimum atomic E-state index is -1.19. The maximum Gasteiger partial charge on any atom is 0.243 e. The molecule has 0 aliphatic carbocycles. The first kappa shape index (κ1) is 46.7. The van der Waals surface area contributed by atoms with Crippen LogP contribution >= 0.6 is 0 Å². The Morgan fingerprint density at radius 1 is 0.600 bits per heavy atom. The Labute approximate surface area is 377 Å². The lowest BCUT2D eigenvalue weighted by atomic mass is 10.0. The number of aromatic amines is 2. The fraction of sp³-hybridized carbons (Fsp3) is 0.286. The molecular formula is C49H57N11O5. The summed E-state index contributed by atoms with van der Waals surface area (Å²) in [6.07, 6.45) is 6.96. The third-order valence-electron chi connectivity index (χ3n) is 10.9. The van der Waals surface area contributed by atoms with Crippen molar-refractivity contribution in [2.75, 3.05) is 6.54 Å². The number of nitrogens with one attached hydrogen (secondary N) is 7. The molecule has 65 heavy (non-hydrogen) atoms. The summed E-state index contributed by atoms with van der Waals surface area (Å²) in [7, 11) is 0. The maximum atomic E-state index is 14.5. The van der Waals surface area contributed by atoms with E-state index in [4.69, 9.17) is 11.5 Å². The van der Waals surface area contributed by atoms with Crippen LogP contribution in [0.15, 0.2) is 139 Å². The molecule has 0 saturated heterocycles. The second kappa shape index (κ2) is 24.2. The maximum absolute atomic E-state index is 14.5. The van der Waals surface area contributed by atoms with Gasteiger partial charge in [-0.15, -0.1) is 0 Å². The molecule has 6 aromatic rings. The molecule has 16 nitrogen and oxygen atoms in total. The number of aromatic nitrogens is 3. The molecule has 2 aromatic heterocycles. The Balaban J connectivity index is 1.21. The molecule has 11 N–H and O–H groups in total. The van der Waals surface area contributed by atoms with Gasteiger partial charge in [-0.3, -0.25) is 29.0 Å². The van der Waals surface area contributed by atoms with E-state index < -0.39 is 47.8 Å². The van der Waals surface area contributed by atoms with E-state index in [-0.39, 0.29) is 57.1 Å². The highest BCUT2D eigenvalue weighted by Gasteiger charge is 2.32. The van der Waals surface area contributed by atoms with Crippen molar-refractivity contribution >= 4 is 46.4 Å². The number of para-hydroxylation sites is 1. The van der Waals surface area contributed by atoms with E-state index in [1.54, 1.807) is 6.20 Å². The number of rotatable bonds is 24. The molecule has 0 radical (unpaired) electrons. The van der Waals surface area contributed by atoms with Crippen molar-refractivity contribution in [3.8, 4) is 0 Å². The zero-order valence-corrected chi connectivity index (χ0v) is 36.2. The zero-order chi connectivity index (χ0) is 45.8. The molecule has 0 unspecified atom stereocenters. The topological polar surface area (TPSA) is 254 Å². The molecule has 6 rings (SSSR count). The number of guanidine groups is 1. The van der Waals surface area contributed by atoms with Crippen LogP contribution in [-0.2, 0) is 56.2 Å². The molecule has 4 aromatic carbocycles. The summed E-state index contributed by atoms with van der Waals surface area (Å²) < 4.78 is 0. The van der Waals surface area contributed by atoms with Crippen molar-refractivity contribution < 1.29 is 24.0 Å². The third kappa shape index (κ3) is 14.9. The van der Waals surface area contributed by atoms with Gasteiger partial charge in [0.2, 0.25) is 29.5 Å². The van der Waals surface area contributed by atoms with Crippen LogP contribution < -0.4 is 38.1 Å². The Hall–Kier alpha value is -7.75. The number of carbonyl (C=O) groups excluding carboxylic acids is 5. The monoisotopic (exact) mass is 879 g/mol. The number of hydrogen-bond acceptors (Lipinski definition) is 7. The van der Waals surface area contributed by atoms with Gasteiger partial charge in [-0.05, 0) is 54.0 Å². The second-order valence-electron chi connectivity index (χ2n) is 15.8. The third-order valence-corrected chi connectivity index (χ3v) is 10.9. The number of benzene rings is 4.